The molecule has 4 saturated carbocycles. The maximum atomic E-state index is 12.3. The first-order valence-electron chi connectivity index (χ1n) is 14.3. The predicted octanol–water partition coefficient (Wildman–Crippen LogP) is 5.06. The molecule has 0 spiro atoms. The molecule has 1 unspecified atom stereocenters. The number of amides is 1. The van der Waals surface area contributed by atoms with Gasteiger partial charge in [-0.05, 0) is 110 Å². The van der Waals surface area contributed by atoms with E-state index in [1.54, 1.807) is 0 Å². The first-order chi connectivity index (χ1) is 16.4. The molecule has 0 bridgehead atoms. The Kier molecular flexibility index (Phi) is 8.01. The maximum absolute atomic E-state index is 12.3. The van der Waals surface area contributed by atoms with E-state index >= 15 is 0 Å². The lowest BCUT2D eigenvalue weighted by Gasteiger charge is -2.63. The summed E-state index contributed by atoms with van der Waals surface area (Å²) in [7, 11) is -4.04. The van der Waals surface area contributed by atoms with Crippen molar-refractivity contribution < 1.29 is 22.9 Å². The lowest BCUT2D eigenvalue weighted by Crippen LogP contribution is -2.57. The van der Waals surface area contributed by atoms with Crippen molar-refractivity contribution in [1.29, 1.82) is 0 Å². The van der Waals surface area contributed by atoms with Crippen LogP contribution >= 0.6 is 0 Å². The average Bonchev–Trinajstić information content (AvgIpc) is 3.14. The minimum Gasteiger partial charge on any atom is -0.393 e. The van der Waals surface area contributed by atoms with E-state index in [2.05, 4.69) is 33.0 Å². The molecule has 10 atom stereocenters. The van der Waals surface area contributed by atoms with Crippen molar-refractivity contribution in [2.75, 3.05) is 12.3 Å². The summed E-state index contributed by atoms with van der Waals surface area (Å²) < 4.78 is 30.6. The van der Waals surface area contributed by atoms with Crippen LogP contribution in [0.5, 0.6) is 0 Å². The molecule has 35 heavy (non-hydrogen) atoms. The van der Waals surface area contributed by atoms with Crippen molar-refractivity contribution in [2.24, 2.45) is 52.3 Å². The van der Waals surface area contributed by atoms with Gasteiger partial charge in [0.15, 0.2) is 0 Å². The number of rotatable bonds is 8. The molecular weight excluding hydrogens is 462 g/mol. The summed E-state index contributed by atoms with van der Waals surface area (Å²) in [5.74, 6) is 4.35. The Labute approximate surface area is 213 Å². The number of aliphatic hydroxyl groups is 1. The highest BCUT2D eigenvalue weighted by Crippen LogP contribution is 2.69. The maximum Gasteiger partial charge on any atom is 0.266 e. The summed E-state index contributed by atoms with van der Waals surface area (Å²) in [5, 5.41) is 13.1. The van der Waals surface area contributed by atoms with Gasteiger partial charge in [-0.2, -0.15) is 8.42 Å². The molecule has 4 aliphatic rings. The second-order valence-corrected chi connectivity index (χ2v) is 14.8. The zero-order chi connectivity index (χ0) is 25.6. The van der Waals surface area contributed by atoms with Gasteiger partial charge in [0.2, 0.25) is 5.91 Å². The SMILES string of the molecule is CC[C@@H]1CC2C[C@@H](O)CC[C@@]2(C)[C@@H]2CC[C@]3(C)[C@H](CC[C@H]3[C@H](C)CCC(=O)NCCS(=O)(=O)O)[C@@H]12. The standard InChI is InChI=1S/C28H49NO5S/c1-5-19-16-20-17-21(30)10-12-27(20,3)24-11-13-28(4)22(7-8-23(28)26(19)24)18(2)6-9-25(31)29-14-15-35(32,33)34/h18-24,26,30H,5-17H2,1-4H3,(H,29,31)(H,32,33,34)/t18-,19-,20?,21+,22+,23-,24-,26-,27-,28+/m1/s1. The normalized spacial score (nSPS) is 44.1. The fourth-order valence-electron chi connectivity index (χ4n) is 9.78. The third-order valence-electron chi connectivity index (χ3n) is 11.6. The molecule has 0 aromatic heterocycles. The predicted molar refractivity (Wildman–Crippen MR) is 138 cm³/mol. The average molecular weight is 512 g/mol. The molecular formula is C28H49NO5S. The van der Waals surface area contributed by atoms with Crippen LogP contribution in [0.2, 0.25) is 0 Å². The van der Waals surface area contributed by atoms with Crippen LogP contribution < -0.4 is 5.32 Å². The zero-order valence-corrected chi connectivity index (χ0v) is 23.2. The number of carbonyl (C=O) groups is 1. The number of hydrogen-bond donors (Lipinski definition) is 3. The van der Waals surface area contributed by atoms with E-state index in [0.717, 1.165) is 42.9 Å². The van der Waals surface area contributed by atoms with Crippen molar-refractivity contribution in [2.45, 2.75) is 104 Å². The molecule has 0 aromatic rings. The quantitative estimate of drug-likeness (QED) is 0.395. The van der Waals surface area contributed by atoms with Crippen LogP contribution in [0.4, 0.5) is 0 Å². The van der Waals surface area contributed by atoms with Crippen LogP contribution in [0, 0.1) is 52.3 Å². The Morgan fingerprint density at radius 3 is 2.43 bits per heavy atom. The van der Waals surface area contributed by atoms with Gasteiger partial charge in [-0.25, -0.2) is 0 Å². The molecule has 7 heteroatoms. The van der Waals surface area contributed by atoms with Crippen LogP contribution in [0.25, 0.3) is 0 Å². The van der Waals surface area contributed by atoms with E-state index in [4.69, 9.17) is 4.55 Å². The first-order valence-corrected chi connectivity index (χ1v) is 15.9. The Hall–Kier alpha value is -0.660. The van der Waals surface area contributed by atoms with Crippen molar-refractivity contribution in [3.63, 3.8) is 0 Å². The van der Waals surface area contributed by atoms with Crippen LogP contribution in [-0.4, -0.2) is 42.4 Å². The largest absolute Gasteiger partial charge is 0.393 e. The molecule has 4 rings (SSSR count). The summed E-state index contributed by atoms with van der Waals surface area (Å²) in [5.41, 5.74) is 0.730. The number of aliphatic hydroxyl groups excluding tert-OH is 1. The molecule has 0 radical (unpaired) electrons. The fourth-order valence-corrected chi connectivity index (χ4v) is 10.1. The molecule has 0 heterocycles. The molecule has 1 amide bonds. The van der Waals surface area contributed by atoms with E-state index in [1.165, 1.54) is 44.9 Å². The minimum atomic E-state index is -4.04. The van der Waals surface area contributed by atoms with E-state index in [-0.39, 0.29) is 18.6 Å². The third-order valence-corrected chi connectivity index (χ3v) is 12.3. The summed E-state index contributed by atoms with van der Waals surface area (Å²) in [6, 6.07) is 0. The molecule has 0 aliphatic heterocycles. The van der Waals surface area contributed by atoms with Gasteiger partial charge in [-0.3, -0.25) is 9.35 Å². The molecule has 3 N–H and O–H groups in total. The minimum absolute atomic E-state index is 0.0342. The Morgan fingerprint density at radius 1 is 1.06 bits per heavy atom. The zero-order valence-electron chi connectivity index (χ0n) is 22.3. The molecule has 4 fully saturated rings. The second kappa shape index (κ2) is 10.2. The van der Waals surface area contributed by atoms with Crippen molar-refractivity contribution >= 4 is 16.0 Å². The van der Waals surface area contributed by atoms with Gasteiger partial charge in [-0.15, -0.1) is 0 Å². The van der Waals surface area contributed by atoms with E-state index in [0.29, 0.717) is 35.0 Å². The smallest absolute Gasteiger partial charge is 0.266 e. The van der Waals surface area contributed by atoms with Gasteiger partial charge < -0.3 is 10.4 Å². The van der Waals surface area contributed by atoms with Gasteiger partial charge >= 0.3 is 0 Å². The van der Waals surface area contributed by atoms with Gasteiger partial charge in [-0.1, -0.05) is 34.1 Å². The number of fused-ring (bicyclic) bond motifs is 5. The van der Waals surface area contributed by atoms with Crippen LogP contribution in [0.1, 0.15) is 98.3 Å². The summed E-state index contributed by atoms with van der Waals surface area (Å²) >= 11 is 0. The van der Waals surface area contributed by atoms with E-state index in [9.17, 15) is 18.3 Å². The van der Waals surface area contributed by atoms with E-state index in [1.807, 2.05) is 0 Å². The first kappa shape index (κ1) is 27.4. The van der Waals surface area contributed by atoms with Gasteiger partial charge in [0.1, 0.15) is 0 Å². The third kappa shape index (κ3) is 5.34. The molecule has 0 saturated heterocycles. The lowest BCUT2D eigenvalue weighted by atomic mass is 9.42. The highest BCUT2D eigenvalue weighted by molar-refractivity contribution is 7.85. The van der Waals surface area contributed by atoms with Gasteiger partial charge in [0, 0.05) is 13.0 Å². The summed E-state index contributed by atoms with van der Waals surface area (Å²) in [6.07, 6.45) is 12.0. The van der Waals surface area contributed by atoms with Crippen molar-refractivity contribution in [1.82, 2.24) is 5.32 Å². The molecule has 202 valence electrons. The molecule has 6 nitrogen and oxygen atoms in total. The monoisotopic (exact) mass is 511 g/mol. The Balaban J connectivity index is 1.41. The Bertz CT molecular complexity index is 877. The van der Waals surface area contributed by atoms with Crippen LogP contribution in [0.15, 0.2) is 0 Å². The highest BCUT2D eigenvalue weighted by Gasteiger charge is 2.62. The highest BCUT2D eigenvalue weighted by atomic mass is 32.2. The van der Waals surface area contributed by atoms with Crippen molar-refractivity contribution in [3.8, 4) is 0 Å². The summed E-state index contributed by atoms with van der Waals surface area (Å²) in [4.78, 5) is 12.3. The molecule has 4 aliphatic carbocycles. The lowest BCUT2D eigenvalue weighted by molar-refractivity contribution is -0.154. The number of hydrogen-bond acceptors (Lipinski definition) is 4. The van der Waals surface area contributed by atoms with E-state index < -0.39 is 15.9 Å². The number of carbonyl (C=O) groups excluding carboxylic acids is 1. The fraction of sp³-hybridized carbons (Fsp3) is 0.964. The Morgan fingerprint density at radius 2 is 1.74 bits per heavy atom. The van der Waals surface area contributed by atoms with Gasteiger partial charge in [0.05, 0.1) is 11.9 Å². The van der Waals surface area contributed by atoms with Crippen LogP contribution in [-0.2, 0) is 14.9 Å². The summed E-state index contributed by atoms with van der Waals surface area (Å²) in [6.45, 7) is 9.78. The van der Waals surface area contributed by atoms with Gasteiger partial charge in [0.25, 0.3) is 10.1 Å². The number of nitrogens with one attached hydrogen (secondary N) is 1. The molecule has 0 aromatic carbocycles. The van der Waals surface area contributed by atoms with Crippen molar-refractivity contribution in [3.05, 3.63) is 0 Å². The topological polar surface area (TPSA) is 104 Å². The van der Waals surface area contributed by atoms with Crippen LogP contribution in [0.3, 0.4) is 0 Å². The second-order valence-electron chi connectivity index (χ2n) is 13.2.